The van der Waals surface area contributed by atoms with E-state index in [2.05, 4.69) is 5.32 Å². The summed E-state index contributed by atoms with van der Waals surface area (Å²) in [5.74, 6) is -0.593. The normalized spacial score (nSPS) is 11.8. The number of urea groups is 1. The Labute approximate surface area is 131 Å². The first kappa shape index (κ1) is 16.2. The smallest absolute Gasteiger partial charge is 0.321 e. The number of benzene rings is 2. The Morgan fingerprint density at radius 2 is 1.91 bits per heavy atom. The zero-order chi connectivity index (χ0) is 16.1. The average molecular weight is 320 g/mol. The van der Waals surface area contributed by atoms with Crippen LogP contribution in [0.2, 0.25) is 0 Å². The van der Waals surface area contributed by atoms with E-state index in [1.165, 1.54) is 29.4 Å². The standard InChI is InChI=1S/C16H17FN2O2S/c1-19(11-12-6-4-3-5-7-12)16(20)18-13-8-9-15(22(2)21)14(17)10-13/h3-10H,11H2,1-2H3,(H,18,20)/t22-/m0/s1. The van der Waals surface area contributed by atoms with Crippen LogP contribution in [0, 0.1) is 5.82 Å². The lowest BCUT2D eigenvalue weighted by Gasteiger charge is -2.18. The van der Waals surface area contributed by atoms with Crippen molar-refractivity contribution >= 4 is 22.5 Å². The summed E-state index contributed by atoms with van der Waals surface area (Å²) in [6, 6.07) is 13.3. The molecular weight excluding hydrogens is 303 g/mol. The van der Waals surface area contributed by atoms with Gasteiger partial charge in [0.2, 0.25) is 0 Å². The van der Waals surface area contributed by atoms with Gasteiger partial charge in [0.15, 0.2) is 0 Å². The van der Waals surface area contributed by atoms with E-state index >= 15 is 0 Å². The summed E-state index contributed by atoms with van der Waals surface area (Å²) >= 11 is 0. The van der Waals surface area contributed by atoms with Crippen LogP contribution in [0.1, 0.15) is 5.56 Å². The molecule has 0 radical (unpaired) electrons. The predicted molar refractivity (Wildman–Crippen MR) is 85.7 cm³/mol. The van der Waals surface area contributed by atoms with Crippen LogP contribution in [0.3, 0.4) is 0 Å². The number of amides is 2. The summed E-state index contributed by atoms with van der Waals surface area (Å²) in [4.78, 5) is 13.7. The van der Waals surface area contributed by atoms with Crippen molar-refractivity contribution in [3.05, 3.63) is 59.9 Å². The third-order valence-corrected chi connectivity index (χ3v) is 4.05. The highest BCUT2D eigenvalue weighted by Gasteiger charge is 2.12. The van der Waals surface area contributed by atoms with E-state index in [0.29, 0.717) is 12.2 Å². The van der Waals surface area contributed by atoms with E-state index in [1.54, 1.807) is 7.05 Å². The lowest BCUT2D eigenvalue weighted by Crippen LogP contribution is -2.30. The summed E-state index contributed by atoms with van der Waals surface area (Å²) in [5, 5.41) is 2.62. The number of carbonyl (C=O) groups is 1. The lowest BCUT2D eigenvalue weighted by atomic mass is 10.2. The molecule has 0 fully saturated rings. The first-order valence-corrected chi connectivity index (χ1v) is 8.22. The highest BCUT2D eigenvalue weighted by molar-refractivity contribution is 7.84. The van der Waals surface area contributed by atoms with E-state index in [4.69, 9.17) is 0 Å². The molecule has 0 saturated heterocycles. The summed E-state index contributed by atoms with van der Waals surface area (Å²) < 4.78 is 25.0. The molecule has 0 aromatic heterocycles. The third kappa shape index (κ3) is 4.14. The molecule has 0 aliphatic rings. The minimum atomic E-state index is -1.39. The number of hydrogen-bond acceptors (Lipinski definition) is 2. The van der Waals surface area contributed by atoms with Gasteiger partial charge in [-0.3, -0.25) is 4.21 Å². The maximum Gasteiger partial charge on any atom is 0.321 e. The second-order valence-electron chi connectivity index (χ2n) is 4.87. The molecule has 2 rings (SSSR count). The van der Waals surface area contributed by atoms with Crippen LogP contribution in [0.15, 0.2) is 53.4 Å². The quantitative estimate of drug-likeness (QED) is 0.940. The molecule has 0 saturated carbocycles. The second kappa shape index (κ2) is 7.17. The van der Waals surface area contributed by atoms with Gasteiger partial charge in [0, 0.05) is 25.5 Å². The number of anilines is 1. The SMILES string of the molecule is CN(Cc1ccccc1)C(=O)Nc1ccc([S@](C)=O)c(F)c1. The Balaban J connectivity index is 2.02. The molecule has 0 spiro atoms. The molecule has 2 amide bonds. The number of nitrogens with zero attached hydrogens (tertiary/aromatic N) is 1. The minimum Gasteiger partial charge on any atom is -0.323 e. The van der Waals surface area contributed by atoms with Gasteiger partial charge in [-0.05, 0) is 23.8 Å². The number of halogens is 1. The van der Waals surface area contributed by atoms with Crippen LogP contribution in [0.4, 0.5) is 14.9 Å². The first-order valence-electron chi connectivity index (χ1n) is 6.66. The molecule has 0 unspecified atom stereocenters. The van der Waals surface area contributed by atoms with E-state index in [1.807, 2.05) is 30.3 Å². The van der Waals surface area contributed by atoms with Crippen molar-refractivity contribution in [2.45, 2.75) is 11.4 Å². The monoisotopic (exact) mass is 320 g/mol. The van der Waals surface area contributed by atoms with Crippen LogP contribution in [-0.4, -0.2) is 28.4 Å². The topological polar surface area (TPSA) is 49.4 Å². The van der Waals surface area contributed by atoms with Crippen LogP contribution in [0.5, 0.6) is 0 Å². The molecule has 116 valence electrons. The number of rotatable bonds is 4. The second-order valence-corrected chi connectivity index (χ2v) is 6.22. The lowest BCUT2D eigenvalue weighted by molar-refractivity contribution is 0.220. The number of carbonyl (C=O) groups excluding carboxylic acids is 1. The molecule has 1 atom stereocenters. The van der Waals surface area contributed by atoms with Crippen molar-refractivity contribution < 1.29 is 13.4 Å². The summed E-state index contributed by atoms with van der Waals surface area (Å²) in [6.45, 7) is 0.451. The van der Waals surface area contributed by atoms with Gasteiger partial charge in [0.05, 0.1) is 15.7 Å². The van der Waals surface area contributed by atoms with Gasteiger partial charge in [-0.1, -0.05) is 30.3 Å². The largest absolute Gasteiger partial charge is 0.323 e. The van der Waals surface area contributed by atoms with Crippen molar-refractivity contribution in [3.8, 4) is 0 Å². The van der Waals surface area contributed by atoms with Gasteiger partial charge < -0.3 is 10.2 Å². The number of nitrogens with one attached hydrogen (secondary N) is 1. The van der Waals surface area contributed by atoms with Gasteiger partial charge in [-0.15, -0.1) is 0 Å². The van der Waals surface area contributed by atoms with Crippen molar-refractivity contribution in [2.24, 2.45) is 0 Å². The molecule has 0 aliphatic carbocycles. The zero-order valence-corrected chi connectivity index (χ0v) is 13.2. The Bertz CT molecular complexity index is 692. The van der Waals surface area contributed by atoms with Crippen molar-refractivity contribution in [3.63, 3.8) is 0 Å². The van der Waals surface area contributed by atoms with Gasteiger partial charge in [0.1, 0.15) is 5.82 Å². The van der Waals surface area contributed by atoms with Gasteiger partial charge >= 0.3 is 6.03 Å². The third-order valence-electron chi connectivity index (χ3n) is 3.10. The highest BCUT2D eigenvalue weighted by atomic mass is 32.2. The van der Waals surface area contributed by atoms with Crippen molar-refractivity contribution in [1.82, 2.24) is 4.90 Å². The Morgan fingerprint density at radius 1 is 1.23 bits per heavy atom. The van der Waals surface area contributed by atoms with Crippen molar-refractivity contribution in [1.29, 1.82) is 0 Å². The fraction of sp³-hybridized carbons (Fsp3) is 0.188. The van der Waals surface area contributed by atoms with E-state index in [-0.39, 0.29) is 10.9 Å². The molecule has 4 nitrogen and oxygen atoms in total. The van der Waals surface area contributed by atoms with Crippen molar-refractivity contribution in [2.75, 3.05) is 18.6 Å². The van der Waals surface area contributed by atoms with Crippen LogP contribution < -0.4 is 5.32 Å². The van der Waals surface area contributed by atoms with E-state index < -0.39 is 16.6 Å². The first-order chi connectivity index (χ1) is 10.5. The molecular formula is C16H17FN2O2S. The maximum atomic E-state index is 13.7. The van der Waals surface area contributed by atoms with Gasteiger partial charge in [0.25, 0.3) is 0 Å². The fourth-order valence-corrected chi connectivity index (χ4v) is 2.55. The minimum absolute atomic E-state index is 0.121. The van der Waals surface area contributed by atoms with Gasteiger partial charge in [-0.2, -0.15) is 0 Å². The summed E-state index contributed by atoms with van der Waals surface area (Å²) in [5.41, 5.74) is 1.33. The summed E-state index contributed by atoms with van der Waals surface area (Å²) in [6.07, 6.45) is 1.41. The molecule has 6 heteroatoms. The highest BCUT2D eigenvalue weighted by Crippen LogP contribution is 2.17. The maximum absolute atomic E-state index is 13.7. The van der Waals surface area contributed by atoms with Crippen LogP contribution in [0.25, 0.3) is 0 Å². The Morgan fingerprint density at radius 3 is 2.50 bits per heavy atom. The van der Waals surface area contributed by atoms with E-state index in [0.717, 1.165) is 5.56 Å². The van der Waals surface area contributed by atoms with Crippen LogP contribution in [-0.2, 0) is 17.3 Å². The van der Waals surface area contributed by atoms with Gasteiger partial charge in [-0.25, -0.2) is 9.18 Å². The molecule has 2 aromatic carbocycles. The van der Waals surface area contributed by atoms with Crippen LogP contribution >= 0.6 is 0 Å². The molecule has 1 N–H and O–H groups in total. The Kier molecular flexibility index (Phi) is 5.27. The van der Waals surface area contributed by atoms with E-state index in [9.17, 15) is 13.4 Å². The predicted octanol–water partition coefficient (Wildman–Crippen LogP) is 3.23. The Hall–Kier alpha value is -2.21. The molecule has 0 bridgehead atoms. The summed E-state index contributed by atoms with van der Waals surface area (Å²) in [7, 11) is 0.266. The fourth-order valence-electron chi connectivity index (χ4n) is 1.96. The number of hydrogen-bond donors (Lipinski definition) is 1. The zero-order valence-electron chi connectivity index (χ0n) is 12.4. The molecule has 0 aliphatic heterocycles. The molecule has 0 heterocycles. The average Bonchev–Trinajstić information content (AvgIpc) is 2.47. The molecule has 22 heavy (non-hydrogen) atoms. The molecule has 2 aromatic rings.